The van der Waals surface area contributed by atoms with Crippen LogP contribution < -0.4 is 0 Å². The van der Waals surface area contributed by atoms with Gasteiger partial charge in [0.2, 0.25) is 5.78 Å². The second kappa shape index (κ2) is 7.28. The Balaban J connectivity index is 1.63. The topological polar surface area (TPSA) is 83.9 Å². The molecule has 0 aliphatic carbocycles. The summed E-state index contributed by atoms with van der Waals surface area (Å²) in [4.78, 5) is 27.5. The monoisotopic (exact) mass is 417 g/mol. The normalized spacial score (nSPS) is 16.5. The predicted octanol–water partition coefficient (Wildman–Crippen LogP) is 4.94. The van der Waals surface area contributed by atoms with Crippen LogP contribution in [0.3, 0.4) is 0 Å². The van der Waals surface area contributed by atoms with Gasteiger partial charge in [0.05, 0.1) is 24.4 Å². The lowest BCUT2D eigenvalue weighted by Crippen LogP contribution is -2.31. The maximum absolute atomic E-state index is 14.8. The molecule has 7 heteroatoms. The van der Waals surface area contributed by atoms with E-state index in [9.17, 15) is 19.1 Å². The lowest BCUT2D eigenvalue weighted by molar-refractivity contribution is -0.130. The van der Waals surface area contributed by atoms with Crippen LogP contribution in [0.15, 0.2) is 93.2 Å². The first-order chi connectivity index (χ1) is 15.0. The number of fused-ring (bicyclic) bond motifs is 1. The van der Waals surface area contributed by atoms with Gasteiger partial charge in [-0.3, -0.25) is 9.59 Å². The summed E-state index contributed by atoms with van der Waals surface area (Å²) in [7, 11) is 0. The first-order valence-electron chi connectivity index (χ1n) is 9.59. The molecule has 0 spiro atoms. The standard InChI is InChI=1S/C24H16FNO5/c25-17-9-3-2-8-16(17)21-20(22(27)19-12-14-6-1-4-10-18(14)31-19)23(28)24(29)26(21)13-15-7-5-11-30-15/h1-12,21,28H,13H2. The Labute approximate surface area is 175 Å². The summed E-state index contributed by atoms with van der Waals surface area (Å²) in [5.74, 6) is -2.42. The second-order valence-electron chi connectivity index (χ2n) is 7.18. The quantitative estimate of drug-likeness (QED) is 0.465. The smallest absolute Gasteiger partial charge is 0.290 e. The highest BCUT2D eigenvalue weighted by Crippen LogP contribution is 2.41. The number of halogens is 1. The number of furan rings is 2. The summed E-state index contributed by atoms with van der Waals surface area (Å²) in [6.45, 7) is -0.0498. The number of Topliss-reactive ketones (excluding diaryl/α,β-unsaturated/α-hetero) is 1. The molecule has 0 bridgehead atoms. The van der Waals surface area contributed by atoms with E-state index in [0.717, 1.165) is 0 Å². The Hall–Kier alpha value is -4.13. The van der Waals surface area contributed by atoms with Gasteiger partial charge in [0, 0.05) is 10.9 Å². The maximum atomic E-state index is 14.8. The van der Waals surface area contributed by atoms with Gasteiger partial charge >= 0.3 is 0 Å². The zero-order valence-corrected chi connectivity index (χ0v) is 16.1. The lowest BCUT2D eigenvalue weighted by Gasteiger charge is -2.26. The number of para-hydroxylation sites is 1. The lowest BCUT2D eigenvalue weighted by atomic mass is 9.94. The summed E-state index contributed by atoms with van der Waals surface area (Å²) in [6, 6.07) is 16.6. The number of benzene rings is 2. The first kappa shape index (κ1) is 18.9. The van der Waals surface area contributed by atoms with Crippen molar-refractivity contribution in [3.05, 3.63) is 107 Å². The molecule has 1 amide bonds. The number of amides is 1. The molecule has 1 atom stereocenters. The molecular weight excluding hydrogens is 401 g/mol. The molecule has 0 radical (unpaired) electrons. The van der Waals surface area contributed by atoms with Gasteiger partial charge in [0.15, 0.2) is 11.5 Å². The van der Waals surface area contributed by atoms with Crippen LogP contribution in [0.2, 0.25) is 0 Å². The Morgan fingerprint density at radius 3 is 2.58 bits per heavy atom. The molecule has 154 valence electrons. The van der Waals surface area contributed by atoms with Gasteiger partial charge < -0.3 is 18.8 Å². The summed E-state index contributed by atoms with van der Waals surface area (Å²) >= 11 is 0. The van der Waals surface area contributed by atoms with E-state index in [1.165, 1.54) is 35.4 Å². The molecule has 1 N–H and O–H groups in total. The van der Waals surface area contributed by atoms with Crippen LogP contribution >= 0.6 is 0 Å². The number of carbonyl (C=O) groups excluding carboxylic acids is 2. The van der Waals surface area contributed by atoms with Crippen molar-refractivity contribution in [2.75, 3.05) is 0 Å². The Kier molecular flexibility index (Phi) is 4.43. The van der Waals surface area contributed by atoms with Gasteiger partial charge in [-0.1, -0.05) is 36.4 Å². The number of ketones is 1. The van der Waals surface area contributed by atoms with E-state index in [2.05, 4.69) is 0 Å². The van der Waals surface area contributed by atoms with Crippen LogP contribution in [0.4, 0.5) is 4.39 Å². The minimum atomic E-state index is -1.14. The average molecular weight is 417 g/mol. The minimum Gasteiger partial charge on any atom is -0.503 e. The molecule has 2 aromatic heterocycles. The van der Waals surface area contributed by atoms with Crippen molar-refractivity contribution >= 4 is 22.7 Å². The number of hydrogen-bond donors (Lipinski definition) is 1. The largest absolute Gasteiger partial charge is 0.503 e. The van der Waals surface area contributed by atoms with Gasteiger partial charge in [-0.2, -0.15) is 0 Å². The van der Waals surface area contributed by atoms with Crippen LogP contribution in [0.5, 0.6) is 0 Å². The average Bonchev–Trinajstić information content (AvgIpc) is 3.49. The van der Waals surface area contributed by atoms with Crippen molar-refractivity contribution in [1.82, 2.24) is 4.90 Å². The molecule has 2 aromatic carbocycles. The van der Waals surface area contributed by atoms with E-state index >= 15 is 0 Å². The first-order valence-corrected chi connectivity index (χ1v) is 9.59. The second-order valence-corrected chi connectivity index (χ2v) is 7.18. The number of aliphatic hydroxyl groups is 1. The molecule has 0 saturated carbocycles. The van der Waals surface area contributed by atoms with Crippen molar-refractivity contribution in [3.8, 4) is 0 Å². The fraction of sp³-hybridized carbons (Fsp3) is 0.0833. The third kappa shape index (κ3) is 3.11. The van der Waals surface area contributed by atoms with Gasteiger partial charge in [-0.25, -0.2) is 4.39 Å². The van der Waals surface area contributed by atoms with Crippen molar-refractivity contribution < 1.29 is 27.9 Å². The van der Waals surface area contributed by atoms with E-state index in [-0.39, 0.29) is 23.4 Å². The van der Waals surface area contributed by atoms with Crippen LogP contribution in [-0.4, -0.2) is 21.7 Å². The molecule has 0 fully saturated rings. The molecule has 1 aliphatic heterocycles. The van der Waals surface area contributed by atoms with Crippen molar-refractivity contribution in [3.63, 3.8) is 0 Å². The Morgan fingerprint density at radius 1 is 1.06 bits per heavy atom. The third-order valence-corrected chi connectivity index (χ3v) is 5.30. The van der Waals surface area contributed by atoms with Gasteiger partial charge in [0.25, 0.3) is 5.91 Å². The number of aliphatic hydroxyl groups excluding tert-OH is 1. The Morgan fingerprint density at radius 2 is 1.84 bits per heavy atom. The third-order valence-electron chi connectivity index (χ3n) is 5.30. The number of rotatable bonds is 5. The fourth-order valence-corrected chi connectivity index (χ4v) is 3.87. The molecule has 0 saturated heterocycles. The molecular formula is C24H16FNO5. The summed E-state index contributed by atoms with van der Waals surface area (Å²) in [5, 5.41) is 11.4. The van der Waals surface area contributed by atoms with E-state index in [1.54, 1.807) is 42.5 Å². The summed E-state index contributed by atoms with van der Waals surface area (Å²) in [6.07, 6.45) is 1.45. The van der Waals surface area contributed by atoms with Crippen LogP contribution in [-0.2, 0) is 11.3 Å². The number of nitrogens with zero attached hydrogens (tertiary/aromatic N) is 1. The summed E-state index contributed by atoms with van der Waals surface area (Å²) in [5.41, 5.74) is 0.344. The summed E-state index contributed by atoms with van der Waals surface area (Å²) < 4.78 is 25.7. The van der Waals surface area contributed by atoms with Gasteiger partial charge in [0.1, 0.15) is 17.2 Å². The van der Waals surface area contributed by atoms with Gasteiger partial charge in [-0.05, 0) is 30.3 Å². The highest BCUT2D eigenvalue weighted by atomic mass is 19.1. The van der Waals surface area contributed by atoms with Crippen molar-refractivity contribution in [1.29, 1.82) is 0 Å². The van der Waals surface area contributed by atoms with Crippen molar-refractivity contribution in [2.45, 2.75) is 12.6 Å². The molecule has 5 rings (SSSR count). The van der Waals surface area contributed by atoms with E-state index in [0.29, 0.717) is 16.7 Å². The molecule has 1 aliphatic rings. The van der Waals surface area contributed by atoms with Crippen LogP contribution in [0, 0.1) is 5.82 Å². The number of hydrogen-bond acceptors (Lipinski definition) is 5. The predicted molar refractivity (Wildman–Crippen MR) is 109 cm³/mol. The molecule has 6 nitrogen and oxygen atoms in total. The minimum absolute atomic E-state index is 0.0447. The fourth-order valence-electron chi connectivity index (χ4n) is 3.87. The van der Waals surface area contributed by atoms with Crippen LogP contribution in [0.1, 0.15) is 27.9 Å². The Bertz CT molecular complexity index is 1300. The zero-order chi connectivity index (χ0) is 21.5. The molecule has 4 aromatic rings. The highest BCUT2D eigenvalue weighted by molar-refractivity contribution is 6.16. The molecule has 3 heterocycles. The van der Waals surface area contributed by atoms with E-state index in [4.69, 9.17) is 8.83 Å². The van der Waals surface area contributed by atoms with Gasteiger partial charge in [-0.15, -0.1) is 0 Å². The van der Waals surface area contributed by atoms with E-state index in [1.807, 2.05) is 0 Å². The maximum Gasteiger partial charge on any atom is 0.290 e. The van der Waals surface area contributed by atoms with Crippen LogP contribution in [0.25, 0.3) is 11.0 Å². The SMILES string of the molecule is O=C(C1=C(O)C(=O)N(Cc2ccco2)C1c1ccccc1F)c1cc2ccccc2o1. The molecule has 31 heavy (non-hydrogen) atoms. The zero-order valence-electron chi connectivity index (χ0n) is 16.1. The van der Waals surface area contributed by atoms with Crippen molar-refractivity contribution in [2.24, 2.45) is 0 Å². The number of carbonyl (C=O) groups is 2. The highest BCUT2D eigenvalue weighted by Gasteiger charge is 2.45. The molecule has 1 unspecified atom stereocenters. The van der Waals surface area contributed by atoms with E-state index < -0.39 is 29.3 Å².